The van der Waals surface area contributed by atoms with Crippen LogP contribution in [0.15, 0.2) is 53.4 Å². The van der Waals surface area contributed by atoms with Crippen molar-refractivity contribution < 1.29 is 13.2 Å². The fourth-order valence-corrected chi connectivity index (χ4v) is 4.91. The normalized spacial score (nSPS) is 18.9. The molecule has 1 aliphatic rings. The number of hydrogen-bond donors (Lipinski definition) is 3. The van der Waals surface area contributed by atoms with Gasteiger partial charge in [-0.2, -0.15) is 0 Å². The largest absolute Gasteiger partial charge is 0.330 e. The van der Waals surface area contributed by atoms with Crippen LogP contribution in [0.5, 0.6) is 0 Å². The summed E-state index contributed by atoms with van der Waals surface area (Å²) in [5.74, 6) is -0.0108. The third-order valence-corrected chi connectivity index (χ3v) is 6.59. The number of carbonyl (C=O) groups is 1. The molecule has 1 amide bonds. The zero-order valence-corrected chi connectivity index (χ0v) is 17.4. The number of para-hydroxylation sites is 1. The number of aryl methyl sites for hydroxylation is 1. The summed E-state index contributed by atoms with van der Waals surface area (Å²) in [6, 6.07) is 13.6. The lowest BCUT2D eigenvalue weighted by atomic mass is 9.95. The van der Waals surface area contributed by atoms with E-state index < -0.39 is 10.0 Å². The molecule has 0 unspecified atom stereocenters. The van der Waals surface area contributed by atoms with Gasteiger partial charge < -0.3 is 11.1 Å². The van der Waals surface area contributed by atoms with E-state index in [9.17, 15) is 13.2 Å². The molecule has 2 aromatic rings. The third kappa shape index (κ3) is 5.04. The first kappa shape index (κ1) is 22.2. The quantitative estimate of drug-likeness (QED) is 0.661. The minimum atomic E-state index is -3.76. The fraction of sp³-hybridized carbons (Fsp3) is 0.350. The highest BCUT2D eigenvalue weighted by Gasteiger charge is 2.32. The average molecular weight is 424 g/mol. The Morgan fingerprint density at radius 2 is 1.82 bits per heavy atom. The Morgan fingerprint density at radius 1 is 1.11 bits per heavy atom. The van der Waals surface area contributed by atoms with E-state index in [2.05, 4.69) is 10.0 Å². The average Bonchev–Trinajstić information content (AvgIpc) is 3.12. The molecular formula is C20H26ClN3O3S. The highest BCUT2D eigenvalue weighted by Crippen LogP contribution is 2.32. The molecule has 0 aromatic heterocycles. The summed E-state index contributed by atoms with van der Waals surface area (Å²) in [7, 11) is -3.76. The maximum absolute atomic E-state index is 12.8. The van der Waals surface area contributed by atoms with Crippen LogP contribution in [0.25, 0.3) is 0 Å². The molecule has 4 N–H and O–H groups in total. The number of hydrogen-bond acceptors (Lipinski definition) is 4. The number of nitrogens with one attached hydrogen (secondary N) is 2. The summed E-state index contributed by atoms with van der Waals surface area (Å²) in [6.07, 6.45) is 2.78. The van der Waals surface area contributed by atoms with Crippen molar-refractivity contribution in [3.8, 4) is 0 Å². The Hall–Kier alpha value is -2.09. The van der Waals surface area contributed by atoms with Crippen molar-refractivity contribution in [3.63, 3.8) is 0 Å². The summed E-state index contributed by atoms with van der Waals surface area (Å²) < 4.78 is 28.1. The van der Waals surface area contributed by atoms with Crippen LogP contribution < -0.4 is 15.8 Å². The zero-order chi connectivity index (χ0) is 19.4. The van der Waals surface area contributed by atoms with Gasteiger partial charge in [-0.15, -0.1) is 12.4 Å². The molecule has 0 saturated heterocycles. The summed E-state index contributed by atoms with van der Waals surface area (Å²) in [4.78, 5) is 12.7. The van der Waals surface area contributed by atoms with Crippen molar-refractivity contribution in [2.24, 2.45) is 17.6 Å². The Balaban J connectivity index is 0.00000280. The number of sulfonamides is 1. The molecule has 28 heavy (non-hydrogen) atoms. The van der Waals surface area contributed by atoms with Gasteiger partial charge in [0.05, 0.1) is 4.90 Å². The van der Waals surface area contributed by atoms with E-state index in [-0.39, 0.29) is 35.0 Å². The minimum absolute atomic E-state index is 0. The van der Waals surface area contributed by atoms with Crippen LogP contribution >= 0.6 is 12.4 Å². The van der Waals surface area contributed by atoms with Gasteiger partial charge in [-0.25, -0.2) is 8.42 Å². The van der Waals surface area contributed by atoms with Crippen LogP contribution in [-0.4, -0.2) is 20.9 Å². The first-order valence-corrected chi connectivity index (χ1v) is 10.6. The number of benzene rings is 2. The minimum Gasteiger partial charge on any atom is -0.330 e. The van der Waals surface area contributed by atoms with Crippen LogP contribution in [0.3, 0.4) is 0 Å². The van der Waals surface area contributed by atoms with Crippen molar-refractivity contribution in [2.75, 3.05) is 16.6 Å². The van der Waals surface area contributed by atoms with Crippen LogP contribution in [0.4, 0.5) is 11.4 Å². The fourth-order valence-electron chi connectivity index (χ4n) is 3.58. The van der Waals surface area contributed by atoms with E-state index in [4.69, 9.17) is 5.73 Å². The lowest BCUT2D eigenvalue weighted by Gasteiger charge is -2.18. The van der Waals surface area contributed by atoms with Crippen molar-refractivity contribution in [3.05, 3.63) is 54.1 Å². The lowest BCUT2D eigenvalue weighted by molar-refractivity contribution is -0.120. The molecule has 0 heterocycles. The van der Waals surface area contributed by atoms with E-state index >= 15 is 0 Å². The smallest absolute Gasteiger partial charge is 0.262 e. The summed E-state index contributed by atoms with van der Waals surface area (Å²) >= 11 is 0. The number of halogens is 1. The van der Waals surface area contributed by atoms with Crippen molar-refractivity contribution in [2.45, 2.75) is 31.1 Å². The summed E-state index contributed by atoms with van der Waals surface area (Å²) in [5.41, 5.74) is 7.33. The molecule has 2 atom stereocenters. The molecule has 1 aliphatic carbocycles. The van der Waals surface area contributed by atoms with Crippen LogP contribution in [-0.2, 0) is 14.8 Å². The number of nitrogens with two attached hydrogens (primary N) is 1. The topological polar surface area (TPSA) is 101 Å². The second kappa shape index (κ2) is 9.41. The second-order valence-electron chi connectivity index (χ2n) is 6.97. The molecule has 1 saturated carbocycles. The second-order valence-corrected chi connectivity index (χ2v) is 8.63. The number of amides is 1. The third-order valence-electron chi connectivity index (χ3n) is 5.07. The Kier molecular flexibility index (Phi) is 7.46. The van der Waals surface area contributed by atoms with E-state index in [0.29, 0.717) is 23.5 Å². The van der Waals surface area contributed by atoms with Gasteiger partial charge in [-0.1, -0.05) is 30.7 Å². The van der Waals surface area contributed by atoms with Crippen molar-refractivity contribution >= 4 is 39.7 Å². The Labute approximate surface area is 172 Å². The van der Waals surface area contributed by atoms with Gasteiger partial charge in [0, 0.05) is 17.3 Å². The molecule has 0 radical (unpaired) electrons. The summed E-state index contributed by atoms with van der Waals surface area (Å²) in [5, 5.41) is 2.87. The first-order chi connectivity index (χ1) is 12.9. The SMILES string of the molecule is Cc1ccc(NC(=O)[C@@H]2CCC[C@@H]2CN)cc1S(=O)(=O)Nc1ccccc1.Cl. The molecular weight excluding hydrogens is 398 g/mol. The van der Waals surface area contributed by atoms with Gasteiger partial charge in [-0.3, -0.25) is 9.52 Å². The monoisotopic (exact) mass is 423 g/mol. The molecule has 0 aliphatic heterocycles. The van der Waals surface area contributed by atoms with Gasteiger partial charge >= 0.3 is 0 Å². The molecule has 0 bridgehead atoms. The molecule has 2 aromatic carbocycles. The van der Waals surface area contributed by atoms with Gasteiger partial charge in [-0.05, 0) is 62.1 Å². The highest BCUT2D eigenvalue weighted by molar-refractivity contribution is 7.92. The number of anilines is 2. The molecule has 8 heteroatoms. The zero-order valence-electron chi connectivity index (χ0n) is 15.7. The van der Waals surface area contributed by atoms with Gasteiger partial charge in [0.2, 0.25) is 5.91 Å². The van der Waals surface area contributed by atoms with Crippen LogP contribution in [0.2, 0.25) is 0 Å². The van der Waals surface area contributed by atoms with E-state index in [0.717, 1.165) is 19.3 Å². The van der Waals surface area contributed by atoms with E-state index in [1.165, 1.54) is 6.07 Å². The molecule has 3 rings (SSSR count). The highest BCUT2D eigenvalue weighted by atomic mass is 35.5. The predicted molar refractivity (Wildman–Crippen MR) is 114 cm³/mol. The molecule has 152 valence electrons. The number of carbonyl (C=O) groups excluding carboxylic acids is 1. The number of rotatable bonds is 6. The van der Waals surface area contributed by atoms with Crippen molar-refractivity contribution in [1.82, 2.24) is 0 Å². The molecule has 1 fully saturated rings. The lowest BCUT2D eigenvalue weighted by Crippen LogP contribution is -2.29. The van der Waals surface area contributed by atoms with Gasteiger partial charge in [0.1, 0.15) is 0 Å². The first-order valence-electron chi connectivity index (χ1n) is 9.10. The standard InChI is InChI=1S/C20H25N3O3S.ClH/c1-14-10-11-17(22-20(24)18-9-5-6-15(18)13-21)12-19(14)27(25,26)23-16-7-3-2-4-8-16;/h2-4,7-8,10-12,15,18,23H,5-6,9,13,21H2,1H3,(H,22,24);1H/t15-,18-;/m1./s1. The maximum Gasteiger partial charge on any atom is 0.262 e. The predicted octanol–water partition coefficient (Wildman–Crippen LogP) is 3.53. The summed E-state index contributed by atoms with van der Waals surface area (Å²) in [6.45, 7) is 2.22. The van der Waals surface area contributed by atoms with E-state index in [1.54, 1.807) is 43.3 Å². The molecule has 0 spiro atoms. The van der Waals surface area contributed by atoms with Crippen LogP contribution in [0, 0.1) is 18.8 Å². The van der Waals surface area contributed by atoms with Gasteiger partial charge in [0.15, 0.2) is 0 Å². The van der Waals surface area contributed by atoms with Gasteiger partial charge in [0.25, 0.3) is 10.0 Å². The molecule has 6 nitrogen and oxygen atoms in total. The Morgan fingerprint density at radius 3 is 2.50 bits per heavy atom. The van der Waals surface area contributed by atoms with Crippen LogP contribution in [0.1, 0.15) is 24.8 Å². The Bertz CT molecular complexity index is 920. The maximum atomic E-state index is 12.8. The van der Waals surface area contributed by atoms with Crippen molar-refractivity contribution in [1.29, 1.82) is 0 Å². The van der Waals surface area contributed by atoms with E-state index in [1.807, 2.05) is 6.07 Å².